The fraction of sp³-hybridized carbons (Fsp3) is 0. The Kier molecular flexibility index (Phi) is 6.28. The van der Waals surface area contributed by atoms with Crippen molar-refractivity contribution >= 4 is 65.2 Å². The van der Waals surface area contributed by atoms with Gasteiger partial charge < -0.3 is 9.13 Å². The van der Waals surface area contributed by atoms with Gasteiger partial charge in [0.1, 0.15) is 0 Å². The predicted molar refractivity (Wildman–Crippen MR) is 221 cm³/mol. The smallest absolute Gasteiger partial charge is 0.0548 e. The van der Waals surface area contributed by atoms with E-state index in [1.807, 2.05) is 0 Å². The molecule has 0 saturated carbocycles. The van der Waals surface area contributed by atoms with E-state index in [0.29, 0.717) is 0 Å². The van der Waals surface area contributed by atoms with Crippen molar-refractivity contribution in [3.63, 3.8) is 0 Å². The van der Waals surface area contributed by atoms with E-state index in [2.05, 4.69) is 203 Å². The van der Waals surface area contributed by atoms with Crippen LogP contribution in [0.4, 0.5) is 0 Å². The maximum absolute atomic E-state index is 2.47. The summed E-state index contributed by atoms with van der Waals surface area (Å²) in [5, 5.41) is 10.0. The van der Waals surface area contributed by atoms with Crippen LogP contribution in [0.2, 0.25) is 0 Å². The largest absolute Gasteiger partial charge is 0.309 e. The van der Waals surface area contributed by atoms with Gasteiger partial charge in [-0.15, -0.1) is 0 Å². The summed E-state index contributed by atoms with van der Waals surface area (Å²) in [7, 11) is 0. The number of rotatable bonds is 4. The fourth-order valence-corrected chi connectivity index (χ4v) is 8.42. The van der Waals surface area contributed by atoms with Crippen LogP contribution in [-0.4, -0.2) is 9.13 Å². The van der Waals surface area contributed by atoms with Crippen LogP contribution in [0.5, 0.6) is 0 Å². The first-order valence-electron chi connectivity index (χ1n) is 17.9. The predicted octanol–water partition coefficient (Wildman–Crippen LogP) is 13.5. The first kappa shape index (κ1) is 28.9. The first-order valence-corrected chi connectivity index (χ1v) is 17.9. The van der Waals surface area contributed by atoms with Crippen LogP contribution in [0.15, 0.2) is 194 Å². The molecule has 0 aliphatic heterocycles. The molecule has 0 spiro atoms. The molecule has 0 radical (unpaired) electrons. The molecule has 52 heavy (non-hydrogen) atoms. The van der Waals surface area contributed by atoms with E-state index >= 15 is 0 Å². The Morgan fingerprint density at radius 3 is 1.35 bits per heavy atom. The number of hydrogen-bond acceptors (Lipinski definition) is 0. The van der Waals surface area contributed by atoms with Gasteiger partial charge in [-0.1, -0.05) is 146 Å². The topological polar surface area (TPSA) is 9.86 Å². The molecule has 0 fully saturated rings. The van der Waals surface area contributed by atoms with Crippen molar-refractivity contribution in [2.45, 2.75) is 0 Å². The SMILES string of the molecule is c1ccc(-c2ccc(-c3ccc4c5c6c7ccccc7n(-c7ccc8ccccc8c7)c6ccc5n(-c5ccc6ccccc6c5)c4c3)cc2)cc1. The Balaban J connectivity index is 1.20. The maximum Gasteiger partial charge on any atom is 0.0548 e. The van der Waals surface area contributed by atoms with Crippen LogP contribution in [0.3, 0.4) is 0 Å². The molecule has 0 N–H and O–H groups in total. The minimum absolute atomic E-state index is 1.16. The zero-order valence-corrected chi connectivity index (χ0v) is 28.4. The molecule has 0 bridgehead atoms. The summed E-state index contributed by atoms with van der Waals surface area (Å²) >= 11 is 0. The molecule has 0 aliphatic rings. The van der Waals surface area contributed by atoms with E-state index in [1.165, 1.54) is 93.1 Å². The molecule has 11 aromatic rings. The third-order valence-electron chi connectivity index (χ3n) is 10.9. The average Bonchev–Trinajstić information content (AvgIpc) is 3.73. The van der Waals surface area contributed by atoms with Crippen molar-refractivity contribution in [3.8, 4) is 33.6 Å². The Bertz CT molecular complexity index is 3160. The van der Waals surface area contributed by atoms with E-state index < -0.39 is 0 Å². The van der Waals surface area contributed by atoms with Gasteiger partial charge >= 0.3 is 0 Å². The van der Waals surface area contributed by atoms with Gasteiger partial charge in [-0.2, -0.15) is 0 Å². The molecule has 11 rings (SSSR count). The van der Waals surface area contributed by atoms with Gasteiger partial charge in [0.25, 0.3) is 0 Å². The highest BCUT2D eigenvalue weighted by Crippen LogP contribution is 2.43. The Hall–Kier alpha value is -6.90. The second kappa shape index (κ2) is 11.3. The molecule has 0 aliphatic carbocycles. The van der Waals surface area contributed by atoms with Gasteiger partial charge in [0.05, 0.1) is 22.1 Å². The number of aromatic nitrogens is 2. The lowest BCUT2D eigenvalue weighted by Gasteiger charge is -2.11. The number of hydrogen-bond donors (Lipinski definition) is 0. The lowest BCUT2D eigenvalue weighted by Crippen LogP contribution is -1.95. The quantitative estimate of drug-likeness (QED) is 0.178. The van der Waals surface area contributed by atoms with E-state index in [-0.39, 0.29) is 0 Å². The second-order valence-electron chi connectivity index (χ2n) is 13.8. The van der Waals surface area contributed by atoms with E-state index in [0.717, 1.165) is 5.69 Å². The van der Waals surface area contributed by atoms with Gasteiger partial charge in [0, 0.05) is 32.9 Å². The zero-order valence-electron chi connectivity index (χ0n) is 28.4. The van der Waals surface area contributed by atoms with Gasteiger partial charge in [0.15, 0.2) is 0 Å². The zero-order chi connectivity index (χ0) is 34.2. The minimum atomic E-state index is 1.16. The van der Waals surface area contributed by atoms with Crippen molar-refractivity contribution in [1.82, 2.24) is 9.13 Å². The molecule has 0 amide bonds. The molecular weight excluding hydrogens is 629 g/mol. The lowest BCUT2D eigenvalue weighted by molar-refractivity contribution is 1.18. The molecule has 2 heterocycles. The van der Waals surface area contributed by atoms with Gasteiger partial charge in [-0.05, 0) is 92.3 Å². The average molecular weight is 661 g/mol. The third-order valence-corrected chi connectivity index (χ3v) is 10.9. The lowest BCUT2D eigenvalue weighted by atomic mass is 9.99. The molecule has 2 aromatic heterocycles. The summed E-state index contributed by atoms with van der Waals surface area (Å²) < 4.78 is 4.92. The van der Waals surface area contributed by atoms with Crippen molar-refractivity contribution in [1.29, 1.82) is 0 Å². The highest BCUT2D eigenvalue weighted by Gasteiger charge is 2.21. The van der Waals surface area contributed by atoms with E-state index in [1.54, 1.807) is 0 Å². The van der Waals surface area contributed by atoms with Gasteiger partial charge in [-0.25, -0.2) is 0 Å². The summed E-state index contributed by atoms with van der Waals surface area (Å²) in [6.07, 6.45) is 0. The number of fused-ring (bicyclic) bond motifs is 9. The summed E-state index contributed by atoms with van der Waals surface area (Å²) in [6.45, 7) is 0. The number of benzene rings is 9. The van der Waals surface area contributed by atoms with Gasteiger partial charge in [-0.3, -0.25) is 0 Å². The summed E-state index contributed by atoms with van der Waals surface area (Å²) in [6, 6.07) is 71.0. The van der Waals surface area contributed by atoms with Crippen LogP contribution in [0, 0.1) is 0 Å². The van der Waals surface area contributed by atoms with Crippen molar-refractivity contribution in [2.75, 3.05) is 0 Å². The minimum Gasteiger partial charge on any atom is -0.309 e. The summed E-state index contributed by atoms with van der Waals surface area (Å²) in [5.74, 6) is 0. The van der Waals surface area contributed by atoms with Crippen molar-refractivity contribution in [3.05, 3.63) is 194 Å². The number of nitrogens with zero attached hydrogens (tertiary/aromatic N) is 2. The highest BCUT2D eigenvalue weighted by atomic mass is 15.0. The van der Waals surface area contributed by atoms with Crippen LogP contribution >= 0.6 is 0 Å². The molecule has 0 atom stereocenters. The Morgan fingerprint density at radius 2 is 0.712 bits per heavy atom. The summed E-state index contributed by atoms with van der Waals surface area (Å²) in [5.41, 5.74) is 12.0. The van der Waals surface area contributed by atoms with Crippen LogP contribution in [0.1, 0.15) is 0 Å². The van der Waals surface area contributed by atoms with Crippen LogP contribution in [0.25, 0.3) is 98.8 Å². The van der Waals surface area contributed by atoms with Crippen molar-refractivity contribution in [2.24, 2.45) is 0 Å². The summed E-state index contributed by atoms with van der Waals surface area (Å²) in [4.78, 5) is 0. The first-order chi connectivity index (χ1) is 25.8. The third kappa shape index (κ3) is 4.38. The van der Waals surface area contributed by atoms with Gasteiger partial charge in [0.2, 0.25) is 0 Å². The standard InChI is InChI=1S/C50H32N2/c1-2-10-33(11-3-1)36-18-20-37(21-19-36)40-24-27-44-48(32-40)52(42-26-23-35-13-5-7-15-39(35)31-42)47-29-28-46-49(50(44)47)43-16-8-9-17-45(43)51(46)41-25-22-34-12-4-6-14-38(34)30-41/h1-32H. The van der Waals surface area contributed by atoms with E-state index in [4.69, 9.17) is 0 Å². The molecule has 2 nitrogen and oxygen atoms in total. The highest BCUT2D eigenvalue weighted by molar-refractivity contribution is 6.29. The molecule has 9 aromatic carbocycles. The maximum atomic E-state index is 2.47. The molecular formula is C50H32N2. The fourth-order valence-electron chi connectivity index (χ4n) is 8.42. The monoisotopic (exact) mass is 660 g/mol. The van der Waals surface area contributed by atoms with Crippen molar-refractivity contribution < 1.29 is 0 Å². The Labute approximate surface area is 301 Å². The van der Waals surface area contributed by atoms with E-state index in [9.17, 15) is 0 Å². The Morgan fingerprint density at radius 1 is 0.250 bits per heavy atom. The molecule has 0 saturated heterocycles. The molecule has 2 heteroatoms. The molecule has 0 unspecified atom stereocenters. The van der Waals surface area contributed by atoms with Crippen LogP contribution in [-0.2, 0) is 0 Å². The number of para-hydroxylation sites is 1. The molecule has 242 valence electrons. The normalized spacial score (nSPS) is 11.8. The second-order valence-corrected chi connectivity index (χ2v) is 13.8. The van der Waals surface area contributed by atoms with Crippen LogP contribution < -0.4 is 0 Å².